The third kappa shape index (κ3) is 7.55. The first-order chi connectivity index (χ1) is 18.7. The van der Waals surface area contributed by atoms with Crippen molar-refractivity contribution in [2.24, 2.45) is 22.7 Å². The van der Waals surface area contributed by atoms with Gasteiger partial charge in [-0.05, 0) is 79.5 Å². The molecule has 3 rings (SSSR count). The van der Waals surface area contributed by atoms with Crippen LogP contribution in [0.1, 0.15) is 72.8 Å². The van der Waals surface area contributed by atoms with Crippen molar-refractivity contribution in [2.45, 2.75) is 90.4 Å². The highest BCUT2D eigenvalue weighted by Crippen LogP contribution is 2.44. The van der Waals surface area contributed by atoms with Gasteiger partial charge in [-0.25, -0.2) is 13.2 Å². The molecule has 1 saturated heterocycles. The number of fused-ring (bicyclic) bond motifs is 1. The van der Waals surface area contributed by atoms with Crippen LogP contribution in [0.4, 0.5) is 18.0 Å². The number of carboxylic acid groups (broad SMARTS) is 1. The second-order valence-electron chi connectivity index (χ2n) is 13.6. The van der Waals surface area contributed by atoms with Crippen molar-refractivity contribution in [2.75, 3.05) is 26.7 Å². The molecule has 1 heterocycles. The Labute approximate surface area is 241 Å². The number of alkyl halides is 3. The number of benzene rings is 1. The van der Waals surface area contributed by atoms with E-state index >= 15 is 0 Å². The fourth-order valence-electron chi connectivity index (χ4n) is 7.04. The molecule has 0 unspecified atom stereocenters. The van der Waals surface area contributed by atoms with Crippen molar-refractivity contribution < 1.29 is 36.3 Å². The van der Waals surface area contributed by atoms with E-state index in [-0.39, 0.29) is 52.6 Å². The molecule has 4 atom stereocenters. The monoisotopic (exact) mass is 603 g/mol. The fourth-order valence-corrected chi connectivity index (χ4v) is 8.58. The molecule has 1 aliphatic heterocycles. The molecule has 0 radical (unpaired) electrons. The first kappa shape index (κ1) is 33.2. The predicted octanol–water partition coefficient (Wildman–Crippen LogP) is 5.78. The Morgan fingerprint density at radius 3 is 2.12 bits per heavy atom. The fraction of sp³-hybridized carbons (Fsp3) is 0.724. The van der Waals surface area contributed by atoms with Crippen LogP contribution in [0, 0.1) is 22.7 Å². The van der Waals surface area contributed by atoms with Gasteiger partial charge in [0.25, 0.3) is 0 Å². The second kappa shape index (κ2) is 11.7. The van der Waals surface area contributed by atoms with Crippen LogP contribution in [0.3, 0.4) is 0 Å². The van der Waals surface area contributed by atoms with E-state index in [9.17, 15) is 36.3 Å². The van der Waals surface area contributed by atoms with E-state index in [0.29, 0.717) is 25.8 Å². The van der Waals surface area contributed by atoms with E-state index in [1.54, 1.807) is 4.90 Å². The largest absolute Gasteiger partial charge is 0.465 e. The Hall–Kier alpha value is -2.34. The summed E-state index contributed by atoms with van der Waals surface area (Å²) in [5.41, 5.74) is -1.26. The average molecular weight is 604 g/mol. The lowest BCUT2D eigenvalue weighted by Crippen LogP contribution is -2.54. The number of nitrogens with zero attached hydrogens (tertiary/aromatic N) is 3. The number of sulfonamides is 1. The van der Waals surface area contributed by atoms with Crippen molar-refractivity contribution in [3.8, 4) is 0 Å². The minimum absolute atomic E-state index is 0.000872. The van der Waals surface area contributed by atoms with Crippen molar-refractivity contribution in [1.82, 2.24) is 14.1 Å². The van der Waals surface area contributed by atoms with Crippen LogP contribution in [-0.4, -0.2) is 78.4 Å². The molecule has 2 fully saturated rings. The lowest BCUT2D eigenvalue weighted by molar-refractivity contribution is -0.140. The minimum atomic E-state index is -4.56. The van der Waals surface area contributed by atoms with Crippen LogP contribution in [0.2, 0.25) is 0 Å². The van der Waals surface area contributed by atoms with Gasteiger partial charge in [-0.15, -0.1) is 0 Å². The number of carbonyl (C=O) groups excluding carboxylic acids is 1. The number of amides is 2. The highest BCUT2D eigenvalue weighted by Gasteiger charge is 2.50. The van der Waals surface area contributed by atoms with Crippen LogP contribution in [0.15, 0.2) is 29.2 Å². The van der Waals surface area contributed by atoms with E-state index in [2.05, 4.69) is 20.8 Å². The quantitative estimate of drug-likeness (QED) is 0.386. The lowest BCUT2D eigenvalue weighted by Gasteiger charge is -2.41. The standard InChI is InChI=1S/C29H44F3N3O5S/c1-8-35(25(36)24(33(7)26(37)38)15-28(5,6)18-27(2,3)4)23-14-9-19-16-34(17-22(19)23)41(39,40)21-12-10-20(11-13-21)29(30,31)32/h10-13,19,22-24H,8-9,14-18H2,1-7H3,(H,37,38)/t19-,22+,23+,24+/m1/s1. The maximum atomic E-state index is 14.0. The van der Waals surface area contributed by atoms with Gasteiger partial charge in [0.15, 0.2) is 0 Å². The molecule has 1 saturated carbocycles. The van der Waals surface area contributed by atoms with Crippen LogP contribution in [0.25, 0.3) is 0 Å². The lowest BCUT2D eigenvalue weighted by atomic mass is 9.72. The first-order valence-corrected chi connectivity index (χ1v) is 15.6. The summed E-state index contributed by atoms with van der Waals surface area (Å²) in [5.74, 6) is -0.436. The van der Waals surface area contributed by atoms with Gasteiger partial charge in [0, 0.05) is 32.7 Å². The Balaban J connectivity index is 1.82. The van der Waals surface area contributed by atoms with E-state index in [0.717, 1.165) is 35.6 Å². The molecule has 1 N–H and O–H groups in total. The Bertz CT molecular complexity index is 1210. The zero-order valence-electron chi connectivity index (χ0n) is 25.0. The van der Waals surface area contributed by atoms with Crippen LogP contribution >= 0.6 is 0 Å². The van der Waals surface area contributed by atoms with Crippen molar-refractivity contribution in [3.05, 3.63) is 29.8 Å². The molecule has 8 nitrogen and oxygen atoms in total. The summed E-state index contributed by atoms with van der Waals surface area (Å²) in [7, 11) is -2.61. The van der Waals surface area contributed by atoms with Gasteiger partial charge in [-0.3, -0.25) is 9.69 Å². The number of carbonyl (C=O) groups is 2. The van der Waals surface area contributed by atoms with E-state index in [4.69, 9.17) is 0 Å². The zero-order valence-corrected chi connectivity index (χ0v) is 25.8. The minimum Gasteiger partial charge on any atom is -0.465 e. The van der Waals surface area contributed by atoms with E-state index in [1.165, 1.54) is 11.4 Å². The number of hydrogen-bond donors (Lipinski definition) is 1. The Morgan fingerprint density at radius 2 is 1.63 bits per heavy atom. The number of rotatable bonds is 9. The van der Waals surface area contributed by atoms with Crippen LogP contribution < -0.4 is 0 Å². The van der Waals surface area contributed by atoms with Gasteiger partial charge in [0.05, 0.1) is 10.5 Å². The summed E-state index contributed by atoms with van der Waals surface area (Å²) in [6.45, 7) is 13.0. The summed E-state index contributed by atoms with van der Waals surface area (Å²) in [6, 6.07) is 2.35. The van der Waals surface area contributed by atoms with Gasteiger partial charge in [-0.1, -0.05) is 34.6 Å². The molecule has 232 valence electrons. The zero-order chi connectivity index (χ0) is 31.1. The maximum Gasteiger partial charge on any atom is 0.416 e. The number of halogens is 3. The summed E-state index contributed by atoms with van der Waals surface area (Å²) in [6.07, 6.45) is -3.24. The van der Waals surface area contributed by atoms with Crippen molar-refractivity contribution >= 4 is 22.0 Å². The molecule has 0 spiro atoms. The first-order valence-electron chi connectivity index (χ1n) is 14.1. The molecule has 0 bridgehead atoms. The molecular formula is C29H44F3N3O5S. The third-order valence-corrected chi connectivity index (χ3v) is 10.3. The summed E-state index contributed by atoms with van der Waals surface area (Å²) in [5, 5.41) is 9.81. The third-order valence-electron chi connectivity index (χ3n) is 8.44. The smallest absolute Gasteiger partial charge is 0.416 e. The van der Waals surface area contributed by atoms with Crippen molar-refractivity contribution in [1.29, 1.82) is 0 Å². The molecule has 1 aromatic rings. The molecule has 41 heavy (non-hydrogen) atoms. The Kier molecular flexibility index (Phi) is 9.50. The van der Waals surface area contributed by atoms with Gasteiger partial charge in [0.2, 0.25) is 15.9 Å². The van der Waals surface area contributed by atoms with Gasteiger partial charge in [-0.2, -0.15) is 17.5 Å². The van der Waals surface area contributed by atoms with Gasteiger partial charge in [0.1, 0.15) is 6.04 Å². The maximum absolute atomic E-state index is 14.0. The van der Waals surface area contributed by atoms with Crippen LogP contribution in [0.5, 0.6) is 0 Å². The van der Waals surface area contributed by atoms with Gasteiger partial charge >= 0.3 is 12.3 Å². The molecular weight excluding hydrogens is 559 g/mol. The summed E-state index contributed by atoms with van der Waals surface area (Å²) >= 11 is 0. The summed E-state index contributed by atoms with van der Waals surface area (Å²) < 4.78 is 66.9. The van der Waals surface area contributed by atoms with Crippen LogP contribution in [-0.2, 0) is 21.0 Å². The molecule has 1 aromatic carbocycles. The molecule has 2 amide bonds. The molecule has 12 heteroatoms. The normalized spacial score (nSPS) is 22.8. The number of likely N-dealkylation sites (N-methyl/N-ethyl adjacent to an activating group) is 2. The highest BCUT2D eigenvalue weighted by atomic mass is 32.2. The van der Waals surface area contributed by atoms with Crippen molar-refractivity contribution in [3.63, 3.8) is 0 Å². The second-order valence-corrected chi connectivity index (χ2v) is 15.5. The highest BCUT2D eigenvalue weighted by molar-refractivity contribution is 7.89. The molecule has 1 aliphatic carbocycles. The predicted molar refractivity (Wildman–Crippen MR) is 150 cm³/mol. The van der Waals surface area contributed by atoms with Gasteiger partial charge < -0.3 is 10.0 Å². The SMILES string of the molecule is CCN(C(=O)[C@H](CC(C)(C)CC(C)(C)C)N(C)C(=O)O)[C@H]1CC[C@@H]2CN(S(=O)(=O)c3ccc(C(F)(F)F)cc3)C[C@@H]21. The van der Waals surface area contributed by atoms with E-state index in [1.807, 2.05) is 20.8 Å². The topological polar surface area (TPSA) is 98.2 Å². The molecule has 2 aliphatic rings. The summed E-state index contributed by atoms with van der Waals surface area (Å²) in [4.78, 5) is 28.7. The van der Waals surface area contributed by atoms with E-state index < -0.39 is 33.9 Å². The number of hydrogen-bond acceptors (Lipinski definition) is 4. The average Bonchev–Trinajstić information content (AvgIpc) is 3.43. The Morgan fingerprint density at radius 1 is 1.05 bits per heavy atom. The molecule has 0 aromatic heterocycles.